The van der Waals surface area contributed by atoms with E-state index >= 15 is 0 Å². The third kappa shape index (κ3) is 4.32. The van der Waals surface area contributed by atoms with Gasteiger partial charge < -0.3 is 10.1 Å². The maximum Gasteiger partial charge on any atom is 0.271 e. The van der Waals surface area contributed by atoms with Crippen LogP contribution in [0.2, 0.25) is 0 Å². The highest BCUT2D eigenvalue weighted by Crippen LogP contribution is 2.10. The van der Waals surface area contributed by atoms with Gasteiger partial charge in [0, 0.05) is 6.07 Å². The fourth-order valence-corrected chi connectivity index (χ4v) is 2.24. The number of aromatic nitrogens is 2. The summed E-state index contributed by atoms with van der Waals surface area (Å²) in [5.41, 5.74) is 0.370. The van der Waals surface area contributed by atoms with Crippen molar-refractivity contribution in [1.82, 2.24) is 15.1 Å². The minimum Gasteiger partial charge on any atom is -0.492 e. The smallest absolute Gasteiger partial charge is 0.271 e. The van der Waals surface area contributed by atoms with Crippen LogP contribution in [0.1, 0.15) is 10.5 Å². The Bertz CT molecular complexity index is 940. The maximum absolute atomic E-state index is 12.8. The molecule has 0 atom stereocenters. The van der Waals surface area contributed by atoms with Gasteiger partial charge in [-0.25, -0.2) is 4.39 Å². The summed E-state index contributed by atoms with van der Waals surface area (Å²) in [6.07, 6.45) is 0. The van der Waals surface area contributed by atoms with Gasteiger partial charge in [-0.2, -0.15) is 9.78 Å². The van der Waals surface area contributed by atoms with Gasteiger partial charge in [0.25, 0.3) is 11.5 Å². The van der Waals surface area contributed by atoms with Gasteiger partial charge in [0.2, 0.25) is 0 Å². The molecule has 0 spiro atoms. The van der Waals surface area contributed by atoms with Crippen molar-refractivity contribution in [2.24, 2.45) is 0 Å². The van der Waals surface area contributed by atoms with Gasteiger partial charge in [-0.3, -0.25) is 9.59 Å². The van der Waals surface area contributed by atoms with Crippen LogP contribution in [0.4, 0.5) is 4.39 Å². The van der Waals surface area contributed by atoms with E-state index < -0.39 is 5.91 Å². The van der Waals surface area contributed by atoms with E-state index in [0.717, 1.165) is 0 Å². The number of para-hydroxylation sites is 1. The van der Waals surface area contributed by atoms with Crippen LogP contribution in [-0.2, 0) is 0 Å². The van der Waals surface area contributed by atoms with E-state index in [-0.39, 0.29) is 30.2 Å². The zero-order valence-corrected chi connectivity index (χ0v) is 13.8. The van der Waals surface area contributed by atoms with E-state index in [4.69, 9.17) is 4.74 Å². The summed E-state index contributed by atoms with van der Waals surface area (Å²) in [5.74, 6) is -0.251. The van der Waals surface area contributed by atoms with Crippen LogP contribution in [-0.4, -0.2) is 28.8 Å². The predicted molar refractivity (Wildman–Crippen MR) is 94.1 cm³/mol. The van der Waals surface area contributed by atoms with Crippen LogP contribution in [0, 0.1) is 5.82 Å². The number of benzene rings is 2. The number of hydrogen-bond donors (Lipinski definition) is 1. The lowest BCUT2D eigenvalue weighted by atomic mass is 10.3. The molecule has 1 aromatic heterocycles. The molecular weight excluding hydrogens is 337 g/mol. The Labute approximate surface area is 148 Å². The molecule has 2 aromatic carbocycles. The molecule has 3 rings (SSSR count). The second kappa shape index (κ2) is 8.06. The highest BCUT2D eigenvalue weighted by atomic mass is 19.1. The first-order valence-corrected chi connectivity index (χ1v) is 7.96. The van der Waals surface area contributed by atoms with Gasteiger partial charge in [0.15, 0.2) is 0 Å². The van der Waals surface area contributed by atoms with Crippen molar-refractivity contribution in [1.29, 1.82) is 0 Å². The Morgan fingerprint density at radius 2 is 1.77 bits per heavy atom. The summed E-state index contributed by atoms with van der Waals surface area (Å²) in [6.45, 7) is 0.456. The zero-order valence-electron chi connectivity index (χ0n) is 13.8. The van der Waals surface area contributed by atoms with Gasteiger partial charge in [-0.1, -0.05) is 18.2 Å². The molecule has 3 aromatic rings. The molecule has 6 nitrogen and oxygen atoms in total. The topological polar surface area (TPSA) is 73.2 Å². The largest absolute Gasteiger partial charge is 0.492 e. The number of halogens is 1. The summed E-state index contributed by atoms with van der Waals surface area (Å²) in [4.78, 5) is 24.2. The van der Waals surface area contributed by atoms with Crippen molar-refractivity contribution in [3.8, 4) is 11.4 Å². The average Bonchev–Trinajstić information content (AvgIpc) is 2.67. The molecule has 0 fully saturated rings. The van der Waals surface area contributed by atoms with Crippen LogP contribution in [0.25, 0.3) is 5.69 Å². The van der Waals surface area contributed by atoms with Crippen LogP contribution in [0.3, 0.4) is 0 Å². The van der Waals surface area contributed by atoms with Gasteiger partial charge in [-0.05, 0) is 42.5 Å². The minimum absolute atomic E-state index is 0.121. The van der Waals surface area contributed by atoms with Gasteiger partial charge in [0.1, 0.15) is 23.9 Å². The Hall–Kier alpha value is -3.48. The van der Waals surface area contributed by atoms with E-state index in [1.807, 2.05) is 6.07 Å². The molecule has 1 N–H and O–H groups in total. The lowest BCUT2D eigenvalue weighted by Gasteiger charge is -2.09. The van der Waals surface area contributed by atoms with Crippen molar-refractivity contribution in [2.75, 3.05) is 13.2 Å². The summed E-state index contributed by atoms with van der Waals surface area (Å²) in [7, 11) is 0. The Morgan fingerprint density at radius 1 is 1.04 bits per heavy atom. The third-order valence-corrected chi connectivity index (χ3v) is 3.50. The van der Waals surface area contributed by atoms with Gasteiger partial charge in [0.05, 0.1) is 12.2 Å². The molecule has 1 amide bonds. The number of nitrogens with one attached hydrogen (secondary N) is 1. The monoisotopic (exact) mass is 353 g/mol. The maximum atomic E-state index is 12.8. The summed E-state index contributed by atoms with van der Waals surface area (Å²) in [6, 6.07) is 17.1. The number of carbonyl (C=O) groups is 1. The molecule has 0 aliphatic carbocycles. The first kappa shape index (κ1) is 17.3. The molecule has 0 saturated heterocycles. The Morgan fingerprint density at radius 3 is 2.50 bits per heavy atom. The van der Waals surface area contributed by atoms with Crippen molar-refractivity contribution in [2.45, 2.75) is 0 Å². The zero-order chi connectivity index (χ0) is 18.4. The number of ether oxygens (including phenoxy) is 1. The summed E-state index contributed by atoms with van der Waals surface area (Å²) >= 11 is 0. The molecule has 26 heavy (non-hydrogen) atoms. The Balaban J connectivity index is 1.59. The first-order valence-electron chi connectivity index (χ1n) is 7.96. The molecule has 0 bridgehead atoms. The quantitative estimate of drug-likeness (QED) is 0.690. The fourth-order valence-electron chi connectivity index (χ4n) is 2.24. The molecule has 1 heterocycles. The molecule has 0 saturated carbocycles. The van der Waals surface area contributed by atoms with E-state index in [2.05, 4.69) is 10.4 Å². The molecule has 0 aliphatic rings. The van der Waals surface area contributed by atoms with Crippen molar-refractivity contribution < 1.29 is 13.9 Å². The standard InChI is InChI=1S/C19H16FN3O3/c20-14-6-8-16(9-7-14)26-13-12-21-19(25)17-10-11-18(24)23(22-17)15-4-2-1-3-5-15/h1-11H,12-13H2,(H,21,25). The highest BCUT2D eigenvalue weighted by molar-refractivity contribution is 5.92. The molecule has 7 heteroatoms. The second-order valence-corrected chi connectivity index (χ2v) is 5.36. The van der Waals surface area contributed by atoms with Crippen LogP contribution < -0.4 is 15.6 Å². The van der Waals surface area contributed by atoms with E-state index in [9.17, 15) is 14.0 Å². The number of amides is 1. The van der Waals surface area contributed by atoms with E-state index in [1.165, 1.54) is 41.1 Å². The number of rotatable bonds is 6. The first-order chi connectivity index (χ1) is 12.6. The average molecular weight is 353 g/mol. The fraction of sp³-hybridized carbons (Fsp3) is 0.105. The molecule has 0 unspecified atom stereocenters. The van der Waals surface area contributed by atoms with E-state index in [0.29, 0.717) is 11.4 Å². The van der Waals surface area contributed by atoms with Crippen molar-refractivity contribution in [3.63, 3.8) is 0 Å². The highest BCUT2D eigenvalue weighted by Gasteiger charge is 2.10. The summed E-state index contributed by atoms with van der Waals surface area (Å²) in [5, 5.41) is 6.76. The lowest BCUT2D eigenvalue weighted by Crippen LogP contribution is -2.31. The minimum atomic E-state index is -0.419. The predicted octanol–water partition coefficient (Wildman–Crippen LogP) is 2.18. The van der Waals surface area contributed by atoms with E-state index in [1.54, 1.807) is 24.3 Å². The molecule has 0 radical (unpaired) electrons. The SMILES string of the molecule is O=C(NCCOc1ccc(F)cc1)c1ccc(=O)n(-c2ccccc2)n1. The van der Waals surface area contributed by atoms with Crippen molar-refractivity contribution >= 4 is 5.91 Å². The van der Waals surface area contributed by atoms with Gasteiger partial charge in [-0.15, -0.1) is 0 Å². The third-order valence-electron chi connectivity index (χ3n) is 3.50. The second-order valence-electron chi connectivity index (χ2n) is 5.36. The number of hydrogen-bond acceptors (Lipinski definition) is 4. The van der Waals surface area contributed by atoms with Crippen LogP contribution >= 0.6 is 0 Å². The Kier molecular flexibility index (Phi) is 5.38. The van der Waals surface area contributed by atoms with Crippen LogP contribution in [0.15, 0.2) is 71.5 Å². The van der Waals surface area contributed by atoms with Crippen molar-refractivity contribution in [3.05, 3.63) is 88.6 Å². The molecular formula is C19H16FN3O3. The molecule has 0 aliphatic heterocycles. The molecule has 132 valence electrons. The summed E-state index contributed by atoms with van der Waals surface area (Å²) < 4.78 is 19.4. The number of nitrogens with zero attached hydrogens (tertiary/aromatic N) is 2. The normalized spacial score (nSPS) is 10.3. The van der Waals surface area contributed by atoms with Gasteiger partial charge >= 0.3 is 0 Å². The lowest BCUT2D eigenvalue weighted by molar-refractivity contribution is 0.0940. The number of carbonyl (C=O) groups excluding carboxylic acids is 1. The van der Waals surface area contributed by atoms with Crippen LogP contribution in [0.5, 0.6) is 5.75 Å².